The Bertz CT molecular complexity index is 1210. The van der Waals surface area contributed by atoms with Crippen LogP contribution in [0.15, 0.2) is 35.3 Å². The van der Waals surface area contributed by atoms with Gasteiger partial charge in [-0.25, -0.2) is 4.79 Å². The Labute approximate surface area is 265 Å². The third-order valence-corrected chi connectivity index (χ3v) is 4.79. The number of rotatable bonds is 9. The topological polar surface area (TPSA) is 191 Å². The maximum atomic E-state index is 12.3. The number of carboxylic acid groups (broad SMARTS) is 2. The predicted octanol–water partition coefficient (Wildman–Crippen LogP) is -7.98. The van der Waals surface area contributed by atoms with Crippen molar-refractivity contribution in [2.75, 3.05) is 5.73 Å². The number of hydrogen-bond acceptors (Lipinski definition) is 6. The van der Waals surface area contributed by atoms with Crippen LogP contribution in [0.1, 0.15) is 38.6 Å². The number of aromatic nitrogens is 3. The molecule has 3 aromatic rings. The van der Waals surface area contributed by atoms with E-state index in [1.807, 2.05) is 0 Å². The van der Waals surface area contributed by atoms with Gasteiger partial charge in [0, 0.05) is 18.2 Å². The second kappa shape index (κ2) is 15.1. The van der Waals surface area contributed by atoms with Crippen molar-refractivity contribution in [1.82, 2.24) is 20.3 Å². The summed E-state index contributed by atoms with van der Waals surface area (Å²) >= 11 is 0. The molecule has 0 unspecified atom stereocenters. The van der Waals surface area contributed by atoms with Crippen LogP contribution in [0.25, 0.3) is 11.0 Å². The molecule has 11 nitrogen and oxygen atoms in total. The van der Waals surface area contributed by atoms with Gasteiger partial charge >= 0.3 is 101 Å². The Morgan fingerprint density at radius 3 is 2.32 bits per heavy atom. The second-order valence-electron chi connectivity index (χ2n) is 6.98. The summed E-state index contributed by atoms with van der Waals surface area (Å²) in [6, 6.07) is 5.30. The molecule has 0 fully saturated rings. The number of nitrogens with one attached hydrogen (secondary N) is 3. The minimum absolute atomic E-state index is 0. The summed E-state index contributed by atoms with van der Waals surface area (Å²) in [7, 11) is 0. The molecule has 0 saturated heterocycles. The molecule has 0 saturated carbocycles. The van der Waals surface area contributed by atoms with E-state index in [0.29, 0.717) is 23.9 Å². The number of nitrogens with zero attached hydrogens (tertiary/aromatic N) is 1. The maximum absolute atomic E-state index is 12.3. The van der Waals surface area contributed by atoms with Crippen molar-refractivity contribution in [3.8, 4) is 0 Å². The number of nitrogens with two attached hydrogens (primary N) is 1. The standard InChI is InChI=1S/C20H21N5O6.3Na.3H/c21-20-24-16-15(18(29)25-20)12(9-22-16)6-3-10-1-4-11(5-2-10)17(28)23-13(19(30)31)7-8-14(26)27;;;;;;/h1-2,4-5,9,13H,3,6-8H2,(H,23,28)(H,26,27)(H,30,31)(H4,21,22,24,25,29);;;;;;/q;3*+1;3*-1/t13-;;;;;;/m0....../s1. The van der Waals surface area contributed by atoms with Gasteiger partial charge in [0.1, 0.15) is 11.7 Å². The Morgan fingerprint density at radius 2 is 1.74 bits per heavy atom. The maximum Gasteiger partial charge on any atom is 1.00 e. The molecule has 2 aromatic heterocycles. The van der Waals surface area contributed by atoms with Crippen molar-refractivity contribution < 1.29 is 118 Å². The molecule has 0 aliphatic carbocycles. The van der Waals surface area contributed by atoms with Crippen LogP contribution < -0.4 is 105 Å². The molecular weight excluding hydrogens is 475 g/mol. The average Bonchev–Trinajstić information content (AvgIpc) is 3.12. The van der Waals surface area contributed by atoms with Crippen LogP contribution in [-0.2, 0) is 22.4 Å². The molecule has 2 heterocycles. The number of anilines is 1. The molecule has 0 spiro atoms. The zero-order chi connectivity index (χ0) is 22.5. The fourth-order valence-electron chi connectivity index (χ4n) is 3.19. The van der Waals surface area contributed by atoms with Gasteiger partial charge in [0.15, 0.2) is 0 Å². The van der Waals surface area contributed by atoms with Gasteiger partial charge in [0.25, 0.3) is 11.5 Å². The van der Waals surface area contributed by atoms with Crippen molar-refractivity contribution in [1.29, 1.82) is 0 Å². The van der Waals surface area contributed by atoms with Gasteiger partial charge in [0.05, 0.1) is 5.39 Å². The molecule has 7 N–H and O–H groups in total. The number of carbonyl (C=O) groups is 3. The first-order chi connectivity index (χ1) is 14.7. The summed E-state index contributed by atoms with van der Waals surface area (Å²) in [6.07, 6.45) is 2.27. The summed E-state index contributed by atoms with van der Waals surface area (Å²) < 4.78 is 0. The number of carbonyl (C=O) groups excluding carboxylic acids is 1. The average molecular weight is 499 g/mol. The monoisotopic (exact) mass is 499 g/mol. The molecule has 0 radical (unpaired) electrons. The number of carboxylic acids is 2. The van der Waals surface area contributed by atoms with Crippen LogP contribution in [0.2, 0.25) is 0 Å². The number of benzene rings is 1. The van der Waals surface area contributed by atoms with Crippen LogP contribution in [0.5, 0.6) is 0 Å². The number of H-pyrrole nitrogens is 2. The molecule has 1 atom stereocenters. The minimum atomic E-state index is -1.30. The van der Waals surface area contributed by atoms with E-state index in [4.69, 9.17) is 15.9 Å². The SMILES string of the molecule is Nc1nc2[nH]cc(CCc3ccc(C(=O)N[C@@H](CCC(=O)O)C(=O)O)cc3)c2c(=O)[nH]1.[H-].[H-].[H-].[Na+].[Na+].[Na+]. The van der Waals surface area contributed by atoms with Crippen molar-refractivity contribution in [2.24, 2.45) is 0 Å². The van der Waals surface area contributed by atoms with Crippen molar-refractivity contribution in [3.05, 3.63) is 57.5 Å². The van der Waals surface area contributed by atoms with Gasteiger partial charge in [-0.15, -0.1) is 0 Å². The molecule has 1 aromatic carbocycles. The van der Waals surface area contributed by atoms with Gasteiger partial charge in [0.2, 0.25) is 5.95 Å². The van der Waals surface area contributed by atoms with Crippen LogP contribution >= 0.6 is 0 Å². The summed E-state index contributed by atoms with van der Waals surface area (Å²) in [5.74, 6) is -3.00. The largest absolute Gasteiger partial charge is 1.00 e. The zero-order valence-electron chi connectivity index (χ0n) is 22.3. The third kappa shape index (κ3) is 8.81. The Balaban J connectivity index is -0.000000907. The number of amides is 1. The smallest absolute Gasteiger partial charge is 1.00 e. The molecule has 0 aliphatic heterocycles. The molecule has 1 amide bonds. The first-order valence-electron chi connectivity index (χ1n) is 9.44. The number of nitrogen functional groups attached to an aromatic ring is 1. The van der Waals surface area contributed by atoms with E-state index in [-0.39, 0.29) is 123 Å². The predicted molar refractivity (Wildman–Crippen MR) is 114 cm³/mol. The quantitative estimate of drug-likeness (QED) is 0.156. The Hall–Kier alpha value is -1.15. The van der Waals surface area contributed by atoms with Crippen LogP contribution in [0.3, 0.4) is 0 Å². The second-order valence-corrected chi connectivity index (χ2v) is 6.98. The summed E-state index contributed by atoms with van der Waals surface area (Å²) in [5, 5.41) is 20.6. The van der Waals surface area contributed by atoms with E-state index in [9.17, 15) is 19.2 Å². The first kappa shape index (κ1) is 32.8. The Morgan fingerprint density at radius 1 is 1.09 bits per heavy atom. The Kier molecular flexibility index (Phi) is 14.6. The van der Waals surface area contributed by atoms with E-state index in [0.717, 1.165) is 11.1 Å². The summed E-state index contributed by atoms with van der Waals surface area (Å²) in [4.78, 5) is 55.7. The number of hydrogen-bond donors (Lipinski definition) is 6. The van der Waals surface area contributed by atoms with Crippen molar-refractivity contribution in [3.63, 3.8) is 0 Å². The van der Waals surface area contributed by atoms with Crippen LogP contribution in [0.4, 0.5) is 5.95 Å². The zero-order valence-corrected chi connectivity index (χ0v) is 25.3. The molecule has 34 heavy (non-hydrogen) atoms. The van der Waals surface area contributed by atoms with Crippen LogP contribution in [0, 0.1) is 0 Å². The van der Waals surface area contributed by atoms with Crippen molar-refractivity contribution >= 4 is 34.8 Å². The van der Waals surface area contributed by atoms with Gasteiger partial charge in [-0.05, 0) is 42.5 Å². The van der Waals surface area contributed by atoms with E-state index >= 15 is 0 Å². The molecule has 0 bridgehead atoms. The number of aromatic amines is 2. The van der Waals surface area contributed by atoms with E-state index < -0.39 is 23.9 Å². The van der Waals surface area contributed by atoms with Gasteiger partial charge < -0.3 is 30.5 Å². The molecule has 168 valence electrons. The molecule has 3 rings (SSSR count). The third-order valence-electron chi connectivity index (χ3n) is 4.79. The molecule has 14 heteroatoms. The molecular formula is C20H24N5Na3O6. The van der Waals surface area contributed by atoms with E-state index in [1.165, 1.54) is 0 Å². The van der Waals surface area contributed by atoms with Gasteiger partial charge in [-0.2, -0.15) is 4.98 Å². The minimum Gasteiger partial charge on any atom is -1.00 e. The number of aryl methyl sites for hydroxylation is 2. The fourth-order valence-corrected chi connectivity index (χ4v) is 3.19. The first-order valence-corrected chi connectivity index (χ1v) is 9.44. The van der Waals surface area contributed by atoms with Gasteiger partial charge in [-0.3, -0.25) is 19.4 Å². The number of aliphatic carboxylic acids is 2. The van der Waals surface area contributed by atoms with Gasteiger partial charge in [-0.1, -0.05) is 12.1 Å². The molecule has 0 aliphatic rings. The fraction of sp³-hybridized carbons (Fsp3) is 0.250. The van der Waals surface area contributed by atoms with Crippen molar-refractivity contribution in [2.45, 2.75) is 31.7 Å². The summed E-state index contributed by atoms with van der Waals surface area (Å²) in [5.41, 5.74) is 7.59. The normalized spacial score (nSPS) is 10.8. The van der Waals surface area contributed by atoms with E-state index in [1.54, 1.807) is 30.5 Å². The number of fused-ring (bicyclic) bond motifs is 1. The van der Waals surface area contributed by atoms with Crippen LogP contribution in [-0.4, -0.2) is 49.1 Å². The summed E-state index contributed by atoms with van der Waals surface area (Å²) in [6.45, 7) is 0. The van der Waals surface area contributed by atoms with E-state index in [2.05, 4.69) is 20.3 Å².